The Morgan fingerprint density at radius 1 is 1.38 bits per heavy atom. The number of hydrogen-bond acceptors (Lipinski definition) is 3. The smallest absolute Gasteiger partial charge is 0.377 e. The lowest BCUT2D eigenvalue weighted by molar-refractivity contribution is -0.184. The standard InChI is InChI=1S/C8H15F2NO2/c1-7(2,3)13-6(12)8(9,10)4-5-11/h4-5,11H2,1-3H3. The fourth-order valence-corrected chi connectivity index (χ4v) is 0.636. The van der Waals surface area contributed by atoms with Crippen molar-refractivity contribution in [3.8, 4) is 0 Å². The number of alkyl halides is 2. The van der Waals surface area contributed by atoms with E-state index in [1.54, 1.807) is 0 Å². The summed E-state index contributed by atoms with van der Waals surface area (Å²) in [6.45, 7) is 4.35. The number of carbonyl (C=O) groups is 1. The molecule has 0 aliphatic heterocycles. The minimum absolute atomic E-state index is 0.244. The van der Waals surface area contributed by atoms with E-state index in [4.69, 9.17) is 5.73 Å². The molecule has 0 saturated carbocycles. The summed E-state index contributed by atoms with van der Waals surface area (Å²) in [7, 11) is 0. The van der Waals surface area contributed by atoms with Crippen molar-refractivity contribution < 1.29 is 18.3 Å². The van der Waals surface area contributed by atoms with Crippen LogP contribution in [0.15, 0.2) is 0 Å². The average Bonchev–Trinajstić information content (AvgIpc) is 1.82. The van der Waals surface area contributed by atoms with Crippen LogP contribution in [0, 0.1) is 0 Å². The lowest BCUT2D eigenvalue weighted by Gasteiger charge is -2.23. The van der Waals surface area contributed by atoms with Crippen molar-refractivity contribution in [1.29, 1.82) is 0 Å². The number of rotatable bonds is 3. The van der Waals surface area contributed by atoms with Gasteiger partial charge in [-0.15, -0.1) is 0 Å². The number of esters is 1. The molecule has 0 aliphatic rings. The van der Waals surface area contributed by atoms with Crippen molar-refractivity contribution >= 4 is 5.97 Å². The fourth-order valence-electron chi connectivity index (χ4n) is 0.636. The van der Waals surface area contributed by atoms with Gasteiger partial charge in [0.2, 0.25) is 0 Å². The minimum atomic E-state index is -3.47. The first kappa shape index (κ1) is 12.3. The molecule has 0 unspecified atom stereocenters. The Morgan fingerprint density at radius 3 is 2.15 bits per heavy atom. The lowest BCUT2D eigenvalue weighted by Crippen LogP contribution is -2.38. The molecule has 5 heteroatoms. The predicted octanol–water partition coefficient (Wildman–Crippen LogP) is 1.31. The highest BCUT2D eigenvalue weighted by Gasteiger charge is 2.41. The summed E-state index contributed by atoms with van der Waals surface area (Å²) < 4.78 is 30.1. The van der Waals surface area contributed by atoms with Gasteiger partial charge in [0.05, 0.1) is 0 Å². The van der Waals surface area contributed by atoms with E-state index in [1.165, 1.54) is 20.8 Å². The Bertz CT molecular complexity index is 187. The second kappa shape index (κ2) is 4.00. The second-order valence-electron chi connectivity index (χ2n) is 3.75. The predicted molar refractivity (Wildman–Crippen MR) is 44.5 cm³/mol. The molecule has 2 N–H and O–H groups in total. The first-order valence-electron chi connectivity index (χ1n) is 4.00. The molecule has 0 aromatic carbocycles. The Labute approximate surface area is 76.2 Å². The largest absolute Gasteiger partial charge is 0.456 e. The van der Waals surface area contributed by atoms with E-state index in [0.29, 0.717) is 0 Å². The van der Waals surface area contributed by atoms with Gasteiger partial charge in [-0.25, -0.2) is 4.79 Å². The molecule has 0 rings (SSSR count). The summed E-state index contributed by atoms with van der Waals surface area (Å²) in [5.74, 6) is -4.98. The molecular weight excluding hydrogens is 180 g/mol. The van der Waals surface area contributed by atoms with Gasteiger partial charge in [0.1, 0.15) is 5.60 Å². The van der Waals surface area contributed by atoms with Gasteiger partial charge in [0.15, 0.2) is 0 Å². The first-order valence-corrected chi connectivity index (χ1v) is 4.00. The Hall–Kier alpha value is -0.710. The van der Waals surface area contributed by atoms with Crippen molar-refractivity contribution in [2.75, 3.05) is 6.54 Å². The van der Waals surface area contributed by atoms with Crippen LogP contribution in [0.1, 0.15) is 27.2 Å². The molecule has 0 heterocycles. The molecule has 0 aliphatic carbocycles. The highest BCUT2D eigenvalue weighted by atomic mass is 19.3. The van der Waals surface area contributed by atoms with Gasteiger partial charge in [0.25, 0.3) is 0 Å². The molecular formula is C8H15F2NO2. The fraction of sp³-hybridized carbons (Fsp3) is 0.875. The maximum absolute atomic E-state index is 12.8. The molecule has 0 saturated heterocycles. The molecule has 0 bridgehead atoms. The van der Waals surface area contributed by atoms with Crippen LogP contribution in [0.2, 0.25) is 0 Å². The number of halogens is 2. The van der Waals surface area contributed by atoms with Crippen molar-refractivity contribution in [2.24, 2.45) is 5.73 Å². The molecule has 3 nitrogen and oxygen atoms in total. The molecule has 78 valence electrons. The number of carbonyl (C=O) groups excluding carboxylic acids is 1. The van der Waals surface area contributed by atoms with Crippen LogP contribution in [-0.4, -0.2) is 24.0 Å². The van der Waals surface area contributed by atoms with E-state index in [1.807, 2.05) is 0 Å². The van der Waals surface area contributed by atoms with Gasteiger partial charge in [-0.1, -0.05) is 0 Å². The van der Waals surface area contributed by atoms with Gasteiger partial charge in [-0.05, 0) is 27.3 Å². The maximum atomic E-state index is 12.8. The van der Waals surface area contributed by atoms with Crippen LogP contribution in [-0.2, 0) is 9.53 Å². The van der Waals surface area contributed by atoms with Crippen molar-refractivity contribution in [3.05, 3.63) is 0 Å². The zero-order valence-electron chi connectivity index (χ0n) is 8.06. The van der Waals surface area contributed by atoms with Gasteiger partial charge in [0, 0.05) is 6.42 Å². The average molecular weight is 195 g/mol. The van der Waals surface area contributed by atoms with Gasteiger partial charge < -0.3 is 10.5 Å². The second-order valence-corrected chi connectivity index (χ2v) is 3.75. The Kier molecular flexibility index (Phi) is 3.78. The van der Waals surface area contributed by atoms with E-state index in [2.05, 4.69) is 4.74 Å². The van der Waals surface area contributed by atoms with Crippen molar-refractivity contribution in [3.63, 3.8) is 0 Å². The van der Waals surface area contributed by atoms with Crippen molar-refractivity contribution in [2.45, 2.75) is 38.7 Å². The van der Waals surface area contributed by atoms with Gasteiger partial charge >= 0.3 is 11.9 Å². The third kappa shape index (κ3) is 4.77. The molecule has 0 aromatic heterocycles. The zero-order valence-corrected chi connectivity index (χ0v) is 8.06. The van der Waals surface area contributed by atoms with E-state index in [9.17, 15) is 13.6 Å². The van der Waals surface area contributed by atoms with Crippen LogP contribution in [0.25, 0.3) is 0 Å². The van der Waals surface area contributed by atoms with Gasteiger partial charge in [-0.3, -0.25) is 0 Å². The van der Waals surface area contributed by atoms with E-state index in [-0.39, 0.29) is 6.54 Å². The maximum Gasteiger partial charge on any atom is 0.377 e. The summed E-state index contributed by atoms with van der Waals surface area (Å²) in [5, 5.41) is 0. The van der Waals surface area contributed by atoms with Crippen molar-refractivity contribution in [1.82, 2.24) is 0 Å². The Morgan fingerprint density at radius 2 is 1.85 bits per heavy atom. The third-order valence-corrected chi connectivity index (χ3v) is 1.16. The topological polar surface area (TPSA) is 52.3 Å². The summed E-state index contributed by atoms with van der Waals surface area (Å²) in [5.41, 5.74) is 4.03. The molecule has 0 aromatic rings. The quantitative estimate of drug-likeness (QED) is 0.691. The van der Waals surface area contributed by atoms with Crippen LogP contribution in [0.3, 0.4) is 0 Å². The molecule has 0 fully saturated rings. The summed E-state index contributed by atoms with van der Waals surface area (Å²) in [6.07, 6.45) is -0.679. The van der Waals surface area contributed by atoms with E-state index < -0.39 is 23.9 Å². The number of nitrogens with two attached hydrogens (primary N) is 1. The van der Waals surface area contributed by atoms with Crippen LogP contribution in [0.4, 0.5) is 8.78 Å². The summed E-state index contributed by atoms with van der Waals surface area (Å²) >= 11 is 0. The molecule has 0 spiro atoms. The molecule has 0 atom stereocenters. The monoisotopic (exact) mass is 195 g/mol. The Balaban J connectivity index is 4.25. The van der Waals surface area contributed by atoms with E-state index in [0.717, 1.165) is 0 Å². The molecule has 13 heavy (non-hydrogen) atoms. The summed E-state index contributed by atoms with van der Waals surface area (Å²) in [4.78, 5) is 10.8. The highest BCUT2D eigenvalue weighted by molar-refractivity contribution is 5.77. The zero-order chi connectivity index (χ0) is 10.7. The lowest BCUT2D eigenvalue weighted by atomic mass is 10.2. The van der Waals surface area contributed by atoms with Crippen LogP contribution >= 0.6 is 0 Å². The van der Waals surface area contributed by atoms with E-state index >= 15 is 0 Å². The summed E-state index contributed by atoms with van der Waals surface area (Å²) in [6, 6.07) is 0. The van der Waals surface area contributed by atoms with Crippen LogP contribution < -0.4 is 5.73 Å². The minimum Gasteiger partial charge on any atom is -0.456 e. The number of hydrogen-bond donors (Lipinski definition) is 1. The molecule has 0 amide bonds. The van der Waals surface area contributed by atoms with Crippen LogP contribution in [0.5, 0.6) is 0 Å². The van der Waals surface area contributed by atoms with Gasteiger partial charge in [-0.2, -0.15) is 8.78 Å². The normalized spacial score (nSPS) is 12.8. The first-order chi connectivity index (χ1) is 5.69. The third-order valence-electron chi connectivity index (χ3n) is 1.16. The number of ether oxygens (including phenoxy) is 1. The molecule has 0 radical (unpaired) electrons. The highest BCUT2D eigenvalue weighted by Crippen LogP contribution is 2.22. The SMILES string of the molecule is CC(C)(C)OC(=O)C(F)(F)CCN.